The van der Waals surface area contributed by atoms with Gasteiger partial charge in [-0.1, -0.05) is 17.4 Å². The highest BCUT2D eigenvalue weighted by molar-refractivity contribution is 7.13. The molecule has 1 amide bonds. The molecule has 1 aliphatic heterocycles. The van der Waals surface area contributed by atoms with Gasteiger partial charge in [0.1, 0.15) is 0 Å². The first-order valence-electron chi connectivity index (χ1n) is 12.8. The summed E-state index contributed by atoms with van der Waals surface area (Å²) >= 11 is 1.19. The fourth-order valence-electron chi connectivity index (χ4n) is 5.58. The second-order valence-corrected chi connectivity index (χ2v) is 11.5. The normalized spacial score (nSPS) is 22.1. The van der Waals surface area contributed by atoms with Gasteiger partial charge < -0.3 is 15.0 Å². The molecule has 1 fully saturated rings. The van der Waals surface area contributed by atoms with Gasteiger partial charge in [0.15, 0.2) is 6.61 Å². The van der Waals surface area contributed by atoms with Crippen LogP contribution in [0.2, 0.25) is 0 Å². The van der Waals surface area contributed by atoms with E-state index in [1.54, 1.807) is 10.7 Å². The molecular formula is C26H31F4N5O2S. The van der Waals surface area contributed by atoms with Gasteiger partial charge in [0, 0.05) is 54.5 Å². The minimum atomic E-state index is -4.38. The van der Waals surface area contributed by atoms with Gasteiger partial charge in [-0.25, -0.2) is 4.98 Å². The Kier molecular flexibility index (Phi) is 7.63. The zero-order chi connectivity index (χ0) is 26.9. The second kappa shape index (κ2) is 10.8. The lowest BCUT2D eigenvalue weighted by Gasteiger charge is -2.46. The molecule has 0 atom stereocenters. The molecule has 0 radical (unpaired) electrons. The highest BCUT2D eigenvalue weighted by Gasteiger charge is 2.44. The number of halogens is 4. The molecule has 1 saturated carbocycles. The molecule has 1 aromatic carbocycles. The van der Waals surface area contributed by atoms with E-state index in [-0.39, 0.29) is 17.1 Å². The first-order valence-corrected chi connectivity index (χ1v) is 13.6. The van der Waals surface area contributed by atoms with E-state index in [9.17, 15) is 22.4 Å². The van der Waals surface area contributed by atoms with E-state index in [4.69, 9.17) is 4.74 Å². The van der Waals surface area contributed by atoms with Crippen LogP contribution in [0, 0.1) is 5.41 Å². The molecule has 0 unspecified atom stereocenters. The Bertz CT molecular complexity index is 1260. The molecule has 2 aliphatic rings. The fraction of sp³-hybridized carbons (Fsp3) is 0.577. The topological polar surface area (TPSA) is 72.3 Å². The van der Waals surface area contributed by atoms with Crippen LogP contribution in [0.5, 0.6) is 5.19 Å². The maximum atomic E-state index is 14.1. The number of hydrogen-bond acceptors (Lipinski definition) is 6. The molecular weight excluding hydrogens is 522 g/mol. The van der Waals surface area contributed by atoms with E-state index in [2.05, 4.69) is 20.3 Å². The van der Waals surface area contributed by atoms with Gasteiger partial charge in [-0.3, -0.25) is 13.9 Å². The first kappa shape index (κ1) is 26.9. The predicted molar refractivity (Wildman–Crippen MR) is 136 cm³/mol. The zero-order valence-electron chi connectivity index (χ0n) is 21.2. The number of fused-ring (bicyclic) bond motifs is 2. The van der Waals surface area contributed by atoms with Gasteiger partial charge in [-0.2, -0.15) is 18.3 Å². The Balaban J connectivity index is 1.06. The predicted octanol–water partition coefficient (Wildman–Crippen LogP) is 4.70. The molecule has 7 nitrogen and oxygen atoms in total. The Morgan fingerprint density at radius 1 is 1.26 bits per heavy atom. The number of amides is 1. The molecule has 1 aliphatic carbocycles. The van der Waals surface area contributed by atoms with Crippen LogP contribution in [-0.4, -0.2) is 70.7 Å². The van der Waals surface area contributed by atoms with Crippen LogP contribution in [-0.2, 0) is 19.9 Å². The van der Waals surface area contributed by atoms with Gasteiger partial charge in [0.2, 0.25) is 0 Å². The number of nitrogens with one attached hydrogen (secondary N) is 1. The van der Waals surface area contributed by atoms with E-state index in [1.807, 2.05) is 25.4 Å². The molecule has 206 valence electrons. The summed E-state index contributed by atoms with van der Waals surface area (Å²) < 4.78 is 57.7. The summed E-state index contributed by atoms with van der Waals surface area (Å²) in [5, 5.41) is 8.30. The molecule has 1 N–H and O–H groups in total. The Labute approximate surface area is 222 Å². The third-order valence-corrected chi connectivity index (χ3v) is 8.58. The van der Waals surface area contributed by atoms with Crippen molar-refractivity contribution in [3.63, 3.8) is 0 Å². The van der Waals surface area contributed by atoms with Crippen LogP contribution < -0.4 is 10.1 Å². The highest BCUT2D eigenvalue weighted by Crippen LogP contribution is 2.45. The van der Waals surface area contributed by atoms with Crippen molar-refractivity contribution in [1.29, 1.82) is 0 Å². The van der Waals surface area contributed by atoms with Crippen LogP contribution in [0.4, 0.5) is 17.6 Å². The van der Waals surface area contributed by atoms with Crippen molar-refractivity contribution in [2.24, 2.45) is 12.5 Å². The van der Waals surface area contributed by atoms with E-state index in [1.165, 1.54) is 11.3 Å². The first-order chi connectivity index (χ1) is 18.1. The van der Waals surface area contributed by atoms with Crippen LogP contribution in [0.15, 0.2) is 24.4 Å². The molecule has 38 heavy (non-hydrogen) atoms. The number of alkyl halides is 4. The quantitative estimate of drug-likeness (QED) is 0.389. The molecule has 0 saturated heterocycles. The lowest BCUT2D eigenvalue weighted by Crippen LogP contribution is -2.52. The smallest absolute Gasteiger partial charge is 0.422 e. The van der Waals surface area contributed by atoms with Crippen LogP contribution in [0.1, 0.15) is 46.6 Å². The highest BCUT2D eigenvalue weighted by atomic mass is 32.1. The zero-order valence-corrected chi connectivity index (χ0v) is 22.0. The van der Waals surface area contributed by atoms with Gasteiger partial charge in [-0.05, 0) is 50.8 Å². The summed E-state index contributed by atoms with van der Waals surface area (Å²) in [5.74, 6) is -0.154. The van der Waals surface area contributed by atoms with Gasteiger partial charge >= 0.3 is 6.18 Å². The van der Waals surface area contributed by atoms with Crippen molar-refractivity contribution >= 4 is 28.1 Å². The summed E-state index contributed by atoms with van der Waals surface area (Å²) in [6, 6.07) is 5.43. The Morgan fingerprint density at radius 3 is 2.82 bits per heavy atom. The average molecular weight is 554 g/mol. The minimum Gasteiger partial charge on any atom is -0.460 e. The summed E-state index contributed by atoms with van der Waals surface area (Å²) in [6.45, 7) is 0.645. The second-order valence-electron chi connectivity index (χ2n) is 10.5. The number of carbonyl (C=O) groups is 1. The third kappa shape index (κ3) is 6.12. The van der Waals surface area contributed by atoms with Crippen molar-refractivity contribution in [1.82, 2.24) is 25.0 Å². The average Bonchev–Trinajstić information content (AvgIpc) is 3.38. The largest absolute Gasteiger partial charge is 0.460 e. The number of hydrogen-bond donors (Lipinski definition) is 1. The number of aryl methyl sites for hydroxylation is 1. The van der Waals surface area contributed by atoms with Crippen molar-refractivity contribution < 1.29 is 27.1 Å². The van der Waals surface area contributed by atoms with E-state index < -0.39 is 24.9 Å². The Morgan fingerprint density at radius 2 is 2.05 bits per heavy atom. The fourth-order valence-corrected chi connectivity index (χ4v) is 6.53. The minimum absolute atomic E-state index is 0.0424. The summed E-state index contributed by atoms with van der Waals surface area (Å²) in [4.78, 5) is 20.4. The number of aromatic nitrogens is 3. The van der Waals surface area contributed by atoms with Gasteiger partial charge in [0.05, 0.1) is 23.4 Å². The number of carbonyl (C=O) groups excluding carboxylic acids is 1. The van der Waals surface area contributed by atoms with E-state index >= 15 is 0 Å². The number of ether oxygens (including phenoxy) is 1. The molecule has 5 rings (SSSR count). The van der Waals surface area contributed by atoms with E-state index in [0.29, 0.717) is 31.2 Å². The van der Waals surface area contributed by atoms with Crippen LogP contribution in [0.3, 0.4) is 0 Å². The number of benzene rings is 1. The van der Waals surface area contributed by atoms with Crippen molar-refractivity contribution in [3.8, 4) is 5.19 Å². The maximum absolute atomic E-state index is 14.1. The summed E-state index contributed by atoms with van der Waals surface area (Å²) in [7, 11) is 1.82. The van der Waals surface area contributed by atoms with Gasteiger partial charge in [0.25, 0.3) is 11.1 Å². The van der Waals surface area contributed by atoms with Crippen LogP contribution >= 0.6 is 11.3 Å². The monoisotopic (exact) mass is 553 g/mol. The lowest BCUT2D eigenvalue weighted by atomic mass is 9.63. The maximum Gasteiger partial charge on any atom is 0.422 e. The molecule has 2 aromatic heterocycles. The molecule has 0 bridgehead atoms. The number of thiazole rings is 1. The van der Waals surface area contributed by atoms with E-state index in [0.717, 1.165) is 53.9 Å². The standard InChI is InChI=1S/C26H31F4N5O2S/c1-34-14-19-18(4-2-5-20(19)33-34)23(36)31-17-12-25(13-17,15-27)8-3-9-35-10-6-21-22(7-11-35)38-24(32-21)37-16-26(28,29)30/h2,4-5,14,17H,3,6-13,15-16H2,1H3,(H,31,36). The molecule has 0 spiro atoms. The van der Waals surface area contributed by atoms with Crippen molar-refractivity contribution in [2.75, 3.05) is 32.9 Å². The lowest BCUT2D eigenvalue weighted by molar-refractivity contribution is -0.153. The SMILES string of the molecule is Cn1cc2c(C(=O)NC3CC(CF)(CCCN4CCc5nc(OCC(F)(F)F)sc5CC4)C3)cccc2n1. The van der Waals surface area contributed by atoms with Crippen molar-refractivity contribution in [3.05, 3.63) is 40.5 Å². The summed E-state index contributed by atoms with van der Waals surface area (Å²) in [6.07, 6.45) is 1.68. The molecule has 3 aromatic rings. The molecule has 3 heterocycles. The molecule has 12 heteroatoms. The Hall–Kier alpha value is -2.73. The third-order valence-electron chi connectivity index (χ3n) is 7.51. The van der Waals surface area contributed by atoms with Crippen molar-refractivity contribution in [2.45, 2.75) is 50.7 Å². The number of rotatable bonds is 9. The van der Waals surface area contributed by atoms with Gasteiger partial charge in [-0.15, -0.1) is 0 Å². The van der Waals surface area contributed by atoms with Crippen LogP contribution in [0.25, 0.3) is 10.9 Å². The number of nitrogens with zero attached hydrogens (tertiary/aromatic N) is 4. The summed E-state index contributed by atoms with van der Waals surface area (Å²) in [5.41, 5.74) is 1.77.